The summed E-state index contributed by atoms with van der Waals surface area (Å²) in [6.07, 6.45) is 1.03. The number of halogens is 1. The van der Waals surface area contributed by atoms with E-state index in [2.05, 4.69) is 18.9 Å². The number of benzene rings is 1. The highest BCUT2D eigenvalue weighted by Gasteiger charge is 2.27. The fraction of sp³-hybridized carbons (Fsp3) is 0.500. The largest absolute Gasteiger partial charge is 0.398 e. The lowest BCUT2D eigenvalue weighted by atomic mass is 10.1. The van der Waals surface area contributed by atoms with Crippen LogP contribution >= 0.6 is 11.6 Å². The molecule has 0 bridgehead atoms. The number of anilines is 1. The fourth-order valence-electron chi connectivity index (χ4n) is 2.46. The number of rotatable bonds is 2. The van der Waals surface area contributed by atoms with Crippen LogP contribution in [-0.2, 0) is 0 Å². The van der Waals surface area contributed by atoms with Gasteiger partial charge in [-0.05, 0) is 25.6 Å². The van der Waals surface area contributed by atoms with Crippen molar-refractivity contribution in [3.63, 3.8) is 0 Å². The third-order valence-electron chi connectivity index (χ3n) is 3.79. The maximum absolute atomic E-state index is 12.5. The van der Waals surface area contributed by atoms with Crippen LogP contribution in [0.2, 0.25) is 5.02 Å². The molecule has 1 atom stereocenters. The van der Waals surface area contributed by atoms with E-state index in [1.807, 2.05) is 4.90 Å². The zero-order valence-corrected chi connectivity index (χ0v) is 12.2. The Morgan fingerprint density at radius 2 is 2.21 bits per heavy atom. The number of nitrogen functional groups attached to an aromatic ring is 1. The monoisotopic (exact) mass is 281 g/mol. The highest BCUT2D eigenvalue weighted by atomic mass is 35.5. The molecule has 104 valence electrons. The molecule has 5 heteroatoms. The zero-order valence-electron chi connectivity index (χ0n) is 11.4. The molecular formula is C14H20ClN3O. The number of likely N-dealkylation sites (N-methyl/N-ethyl adjacent to an activating group) is 1. The van der Waals surface area contributed by atoms with Gasteiger partial charge < -0.3 is 10.6 Å². The molecule has 1 amide bonds. The molecule has 1 aliphatic heterocycles. The van der Waals surface area contributed by atoms with Crippen LogP contribution < -0.4 is 5.73 Å². The Labute approximate surface area is 119 Å². The van der Waals surface area contributed by atoms with Crippen molar-refractivity contribution in [1.29, 1.82) is 0 Å². The van der Waals surface area contributed by atoms with Gasteiger partial charge in [0.05, 0.1) is 16.3 Å². The number of hydrogen-bond acceptors (Lipinski definition) is 3. The van der Waals surface area contributed by atoms with Gasteiger partial charge in [0.15, 0.2) is 0 Å². The van der Waals surface area contributed by atoms with E-state index in [0.29, 0.717) is 22.3 Å². The van der Waals surface area contributed by atoms with Gasteiger partial charge in [-0.3, -0.25) is 9.69 Å². The summed E-state index contributed by atoms with van der Waals surface area (Å²) in [6, 6.07) is 5.62. The molecule has 19 heavy (non-hydrogen) atoms. The van der Waals surface area contributed by atoms with Crippen molar-refractivity contribution in [2.75, 3.05) is 32.4 Å². The van der Waals surface area contributed by atoms with Crippen LogP contribution in [0.3, 0.4) is 0 Å². The molecule has 1 saturated heterocycles. The van der Waals surface area contributed by atoms with Crippen LogP contribution in [-0.4, -0.2) is 48.4 Å². The quantitative estimate of drug-likeness (QED) is 0.845. The Kier molecular flexibility index (Phi) is 4.32. The minimum absolute atomic E-state index is 0.0242. The normalized spacial score (nSPS) is 20.6. The van der Waals surface area contributed by atoms with Crippen LogP contribution in [0.5, 0.6) is 0 Å². The summed E-state index contributed by atoms with van der Waals surface area (Å²) in [6.45, 7) is 4.51. The molecule has 0 radical (unpaired) electrons. The van der Waals surface area contributed by atoms with Crippen LogP contribution in [0.15, 0.2) is 18.2 Å². The van der Waals surface area contributed by atoms with Gasteiger partial charge >= 0.3 is 0 Å². The fourth-order valence-corrected chi connectivity index (χ4v) is 2.66. The van der Waals surface area contributed by atoms with Gasteiger partial charge in [0, 0.05) is 25.7 Å². The van der Waals surface area contributed by atoms with E-state index in [-0.39, 0.29) is 5.91 Å². The van der Waals surface area contributed by atoms with Gasteiger partial charge in [-0.2, -0.15) is 0 Å². The number of carbonyl (C=O) groups is 1. The van der Waals surface area contributed by atoms with Gasteiger partial charge in [0.2, 0.25) is 0 Å². The Morgan fingerprint density at radius 3 is 2.89 bits per heavy atom. The molecule has 1 heterocycles. The molecule has 1 unspecified atom stereocenters. The average Bonchev–Trinajstić information content (AvgIpc) is 2.41. The first-order valence-corrected chi connectivity index (χ1v) is 6.96. The lowest BCUT2D eigenvalue weighted by Crippen LogP contribution is -2.53. The zero-order chi connectivity index (χ0) is 14.0. The number of piperazine rings is 1. The molecule has 1 aromatic carbocycles. The standard InChI is InChI=1S/C14H20ClN3O/c1-3-10-9-18(8-7-17(10)2)14(19)11-5-4-6-12(16)13(11)15/h4-6,10H,3,7-9,16H2,1-2H3. The summed E-state index contributed by atoms with van der Waals surface area (Å²) in [5.41, 5.74) is 6.71. The second-order valence-corrected chi connectivity index (χ2v) is 5.38. The Hall–Kier alpha value is -1.26. The van der Waals surface area contributed by atoms with Crippen LogP contribution in [0.4, 0.5) is 5.69 Å². The first-order valence-electron chi connectivity index (χ1n) is 6.58. The summed E-state index contributed by atoms with van der Waals surface area (Å²) < 4.78 is 0. The summed E-state index contributed by atoms with van der Waals surface area (Å²) in [4.78, 5) is 16.7. The van der Waals surface area contributed by atoms with Crippen molar-refractivity contribution in [2.45, 2.75) is 19.4 Å². The number of hydrogen-bond donors (Lipinski definition) is 1. The Balaban J connectivity index is 2.18. The summed E-state index contributed by atoms with van der Waals surface area (Å²) in [5.74, 6) is -0.0242. The number of amides is 1. The molecule has 0 aromatic heterocycles. The number of nitrogens with two attached hydrogens (primary N) is 1. The average molecular weight is 282 g/mol. The van der Waals surface area contributed by atoms with Crippen molar-refractivity contribution in [3.05, 3.63) is 28.8 Å². The molecule has 1 aromatic rings. The van der Waals surface area contributed by atoms with Crippen LogP contribution in [0.25, 0.3) is 0 Å². The summed E-state index contributed by atoms with van der Waals surface area (Å²) >= 11 is 6.12. The van der Waals surface area contributed by atoms with E-state index in [9.17, 15) is 4.79 Å². The van der Waals surface area contributed by atoms with Gasteiger partial charge in [-0.25, -0.2) is 0 Å². The van der Waals surface area contributed by atoms with E-state index in [1.165, 1.54) is 0 Å². The predicted octanol–water partition coefficient (Wildman–Crippen LogP) is 2.09. The van der Waals surface area contributed by atoms with E-state index < -0.39 is 0 Å². The summed E-state index contributed by atoms with van der Waals surface area (Å²) in [5, 5.41) is 0.361. The minimum atomic E-state index is -0.0242. The topological polar surface area (TPSA) is 49.6 Å². The van der Waals surface area contributed by atoms with Crippen molar-refractivity contribution < 1.29 is 4.79 Å². The first kappa shape index (κ1) is 14.2. The summed E-state index contributed by atoms with van der Waals surface area (Å²) in [7, 11) is 2.10. The van der Waals surface area contributed by atoms with Crippen LogP contribution in [0.1, 0.15) is 23.7 Å². The van der Waals surface area contributed by atoms with Gasteiger partial charge in [-0.1, -0.05) is 24.6 Å². The highest BCUT2D eigenvalue weighted by Crippen LogP contribution is 2.25. The van der Waals surface area contributed by atoms with E-state index in [4.69, 9.17) is 17.3 Å². The molecule has 1 fully saturated rings. The van der Waals surface area contributed by atoms with Crippen molar-refractivity contribution in [2.24, 2.45) is 0 Å². The SMILES string of the molecule is CCC1CN(C(=O)c2cccc(N)c2Cl)CCN1C. The molecular weight excluding hydrogens is 262 g/mol. The molecule has 0 saturated carbocycles. The molecule has 2 N–H and O–H groups in total. The maximum atomic E-state index is 12.5. The molecule has 0 spiro atoms. The first-order chi connectivity index (χ1) is 9.04. The number of carbonyl (C=O) groups excluding carboxylic acids is 1. The molecule has 2 rings (SSSR count). The Morgan fingerprint density at radius 1 is 1.47 bits per heavy atom. The lowest BCUT2D eigenvalue weighted by molar-refractivity contribution is 0.0542. The van der Waals surface area contributed by atoms with Gasteiger partial charge in [-0.15, -0.1) is 0 Å². The second-order valence-electron chi connectivity index (χ2n) is 5.00. The molecule has 4 nitrogen and oxygen atoms in total. The Bertz CT molecular complexity index is 478. The predicted molar refractivity (Wildman–Crippen MR) is 78.5 cm³/mol. The van der Waals surface area contributed by atoms with E-state index in [0.717, 1.165) is 26.1 Å². The third kappa shape index (κ3) is 2.85. The van der Waals surface area contributed by atoms with E-state index in [1.54, 1.807) is 18.2 Å². The minimum Gasteiger partial charge on any atom is -0.398 e. The second kappa shape index (κ2) is 5.80. The lowest BCUT2D eigenvalue weighted by Gasteiger charge is -2.39. The van der Waals surface area contributed by atoms with Crippen molar-refractivity contribution >= 4 is 23.2 Å². The van der Waals surface area contributed by atoms with Crippen molar-refractivity contribution in [1.82, 2.24) is 9.80 Å². The smallest absolute Gasteiger partial charge is 0.255 e. The van der Waals surface area contributed by atoms with E-state index >= 15 is 0 Å². The maximum Gasteiger partial charge on any atom is 0.255 e. The number of nitrogens with zero attached hydrogens (tertiary/aromatic N) is 2. The molecule has 0 aliphatic carbocycles. The van der Waals surface area contributed by atoms with Gasteiger partial charge in [0.1, 0.15) is 0 Å². The third-order valence-corrected chi connectivity index (χ3v) is 4.22. The van der Waals surface area contributed by atoms with Gasteiger partial charge in [0.25, 0.3) is 5.91 Å². The van der Waals surface area contributed by atoms with Crippen LogP contribution in [0, 0.1) is 0 Å². The highest BCUT2D eigenvalue weighted by molar-refractivity contribution is 6.36. The van der Waals surface area contributed by atoms with Crippen molar-refractivity contribution in [3.8, 4) is 0 Å². The molecule has 1 aliphatic rings.